The highest BCUT2D eigenvalue weighted by Gasteiger charge is 2.17. The molecule has 2 rings (SSSR count). The number of hydrogen-bond acceptors (Lipinski definition) is 5. The second-order valence-electron chi connectivity index (χ2n) is 4.58. The Labute approximate surface area is 126 Å². The number of hydrogen-bond donors (Lipinski definition) is 1. The lowest BCUT2D eigenvalue weighted by Gasteiger charge is -2.09. The number of non-ortho nitro benzene ring substituents is 1. The van der Waals surface area contributed by atoms with Gasteiger partial charge in [-0.2, -0.15) is 5.10 Å². The van der Waals surface area contributed by atoms with E-state index in [2.05, 4.69) is 10.4 Å². The number of ether oxygens (including phenoxy) is 1. The summed E-state index contributed by atoms with van der Waals surface area (Å²) < 4.78 is 6.75. The zero-order valence-corrected chi connectivity index (χ0v) is 12.5. The molecule has 116 valence electrons. The van der Waals surface area contributed by atoms with E-state index in [9.17, 15) is 14.9 Å². The maximum atomic E-state index is 12.3. The van der Waals surface area contributed by atoms with Gasteiger partial charge in [-0.3, -0.25) is 19.6 Å². The van der Waals surface area contributed by atoms with Gasteiger partial charge in [-0.15, -0.1) is 0 Å². The molecule has 0 fully saturated rings. The minimum absolute atomic E-state index is 0.107. The van der Waals surface area contributed by atoms with Crippen LogP contribution in [0.3, 0.4) is 0 Å². The van der Waals surface area contributed by atoms with Crippen LogP contribution in [-0.4, -0.2) is 27.7 Å². The molecule has 0 saturated carbocycles. The summed E-state index contributed by atoms with van der Waals surface area (Å²) in [5.74, 6) is -0.118. The molecule has 1 aromatic heterocycles. The molecule has 8 heteroatoms. The van der Waals surface area contributed by atoms with Crippen molar-refractivity contribution in [3.8, 4) is 5.75 Å². The summed E-state index contributed by atoms with van der Waals surface area (Å²) in [7, 11) is 1.38. The van der Waals surface area contributed by atoms with Crippen LogP contribution in [0.4, 0.5) is 11.4 Å². The van der Waals surface area contributed by atoms with Gasteiger partial charge in [-0.1, -0.05) is 0 Å². The van der Waals surface area contributed by atoms with E-state index in [0.29, 0.717) is 23.5 Å². The van der Waals surface area contributed by atoms with Crippen LogP contribution < -0.4 is 10.1 Å². The maximum absolute atomic E-state index is 12.3. The Balaban J connectivity index is 2.27. The van der Waals surface area contributed by atoms with Crippen LogP contribution in [0.5, 0.6) is 5.75 Å². The summed E-state index contributed by atoms with van der Waals surface area (Å²) in [5, 5.41) is 17.6. The highest BCUT2D eigenvalue weighted by Crippen LogP contribution is 2.29. The highest BCUT2D eigenvalue weighted by atomic mass is 16.6. The summed E-state index contributed by atoms with van der Waals surface area (Å²) >= 11 is 0. The monoisotopic (exact) mass is 304 g/mol. The van der Waals surface area contributed by atoms with E-state index in [1.165, 1.54) is 25.3 Å². The maximum Gasteiger partial charge on any atom is 0.273 e. The Morgan fingerprint density at radius 1 is 1.50 bits per heavy atom. The first-order chi connectivity index (χ1) is 10.5. The van der Waals surface area contributed by atoms with Crippen LogP contribution in [0, 0.1) is 17.0 Å². The molecule has 0 bridgehead atoms. The van der Waals surface area contributed by atoms with Gasteiger partial charge in [0.2, 0.25) is 0 Å². The number of nitrogens with one attached hydrogen (secondary N) is 1. The van der Waals surface area contributed by atoms with Crippen molar-refractivity contribution < 1.29 is 14.5 Å². The molecule has 2 aromatic rings. The lowest BCUT2D eigenvalue weighted by Crippen LogP contribution is -2.13. The van der Waals surface area contributed by atoms with E-state index in [1.54, 1.807) is 17.8 Å². The fraction of sp³-hybridized carbons (Fsp3) is 0.286. The number of nitrogens with zero attached hydrogens (tertiary/aromatic N) is 3. The van der Waals surface area contributed by atoms with E-state index in [0.717, 1.165) is 0 Å². The van der Waals surface area contributed by atoms with Crippen molar-refractivity contribution in [2.75, 3.05) is 12.4 Å². The van der Waals surface area contributed by atoms with Crippen LogP contribution in [0.2, 0.25) is 0 Å². The van der Waals surface area contributed by atoms with Gasteiger partial charge in [-0.25, -0.2) is 0 Å². The van der Waals surface area contributed by atoms with E-state index >= 15 is 0 Å². The second kappa shape index (κ2) is 6.25. The molecule has 0 aliphatic rings. The lowest BCUT2D eigenvalue weighted by molar-refractivity contribution is -0.384. The molecule has 22 heavy (non-hydrogen) atoms. The van der Waals surface area contributed by atoms with Crippen LogP contribution in [0.1, 0.15) is 23.0 Å². The van der Waals surface area contributed by atoms with Crippen LogP contribution >= 0.6 is 0 Å². The fourth-order valence-electron chi connectivity index (χ4n) is 1.99. The van der Waals surface area contributed by atoms with E-state index in [4.69, 9.17) is 4.74 Å². The summed E-state index contributed by atoms with van der Waals surface area (Å²) in [6, 6.07) is 4.01. The van der Waals surface area contributed by atoms with Gasteiger partial charge in [0.1, 0.15) is 5.75 Å². The number of rotatable bonds is 5. The Kier molecular flexibility index (Phi) is 4.40. The largest absolute Gasteiger partial charge is 0.494 e. The zero-order valence-electron chi connectivity index (χ0n) is 12.5. The first kappa shape index (κ1) is 15.5. The number of benzene rings is 1. The van der Waals surface area contributed by atoms with E-state index in [-0.39, 0.29) is 17.3 Å². The first-order valence-electron chi connectivity index (χ1n) is 6.64. The third-order valence-electron chi connectivity index (χ3n) is 3.16. The average molecular weight is 304 g/mol. The predicted molar refractivity (Wildman–Crippen MR) is 80.2 cm³/mol. The molecule has 0 aliphatic carbocycles. The van der Waals surface area contributed by atoms with Crippen molar-refractivity contribution in [3.63, 3.8) is 0 Å². The van der Waals surface area contributed by atoms with E-state index < -0.39 is 4.92 Å². The Morgan fingerprint density at radius 3 is 2.77 bits per heavy atom. The molecular formula is C14H16N4O4. The number of amides is 1. The molecular weight excluding hydrogens is 288 g/mol. The van der Waals surface area contributed by atoms with E-state index in [1.807, 2.05) is 6.92 Å². The van der Waals surface area contributed by atoms with Crippen molar-refractivity contribution in [1.82, 2.24) is 9.78 Å². The molecule has 1 heterocycles. The normalized spacial score (nSPS) is 10.3. The second-order valence-corrected chi connectivity index (χ2v) is 4.58. The average Bonchev–Trinajstić information content (AvgIpc) is 2.88. The quantitative estimate of drug-likeness (QED) is 0.675. The van der Waals surface area contributed by atoms with Gasteiger partial charge < -0.3 is 10.1 Å². The summed E-state index contributed by atoms with van der Waals surface area (Å²) in [6.45, 7) is 4.33. The standard InChI is InChI=1S/C14H16N4O4/c1-4-17-8-11(9(2)16-17)14(19)15-12-6-5-10(18(20)21)7-13(12)22-3/h5-8H,4H2,1-3H3,(H,15,19). The minimum atomic E-state index is -0.524. The predicted octanol–water partition coefficient (Wildman–Crippen LogP) is 2.38. The Bertz CT molecular complexity index is 724. The van der Waals surface area contributed by atoms with Crippen molar-refractivity contribution in [2.45, 2.75) is 20.4 Å². The lowest BCUT2D eigenvalue weighted by atomic mass is 10.2. The topological polar surface area (TPSA) is 99.3 Å². The highest BCUT2D eigenvalue weighted by molar-refractivity contribution is 6.05. The molecule has 0 atom stereocenters. The molecule has 1 N–H and O–H groups in total. The molecule has 0 radical (unpaired) electrons. The van der Waals surface area contributed by atoms with Gasteiger partial charge in [0.25, 0.3) is 11.6 Å². The molecule has 0 spiro atoms. The van der Waals surface area contributed by atoms with Gasteiger partial charge in [0.15, 0.2) is 0 Å². The number of nitro benzene ring substituents is 1. The number of aryl methyl sites for hydroxylation is 2. The number of anilines is 1. The Morgan fingerprint density at radius 2 is 2.23 bits per heavy atom. The number of methoxy groups -OCH3 is 1. The van der Waals surface area contributed by atoms with Crippen molar-refractivity contribution in [1.29, 1.82) is 0 Å². The van der Waals surface area contributed by atoms with Gasteiger partial charge in [0, 0.05) is 18.8 Å². The van der Waals surface area contributed by atoms with Gasteiger partial charge >= 0.3 is 0 Å². The van der Waals surface area contributed by atoms with Gasteiger partial charge in [0.05, 0.1) is 35.0 Å². The molecule has 1 aromatic carbocycles. The van der Waals surface area contributed by atoms with Crippen LogP contribution in [0.15, 0.2) is 24.4 Å². The SMILES string of the molecule is CCn1cc(C(=O)Nc2ccc([N+](=O)[O-])cc2OC)c(C)n1. The molecule has 0 aliphatic heterocycles. The minimum Gasteiger partial charge on any atom is -0.494 e. The molecule has 0 saturated heterocycles. The van der Waals surface area contributed by atoms with Crippen molar-refractivity contribution >= 4 is 17.3 Å². The summed E-state index contributed by atoms with van der Waals surface area (Å²) in [6.07, 6.45) is 1.66. The van der Waals surface area contributed by atoms with Crippen LogP contribution in [0.25, 0.3) is 0 Å². The molecule has 0 unspecified atom stereocenters. The summed E-state index contributed by atoms with van der Waals surface area (Å²) in [4.78, 5) is 22.5. The summed E-state index contributed by atoms with van der Waals surface area (Å²) in [5.41, 5.74) is 1.31. The zero-order chi connectivity index (χ0) is 16.3. The van der Waals surface area contributed by atoms with Crippen molar-refractivity contribution in [3.05, 3.63) is 45.8 Å². The number of nitro groups is 1. The van der Waals surface area contributed by atoms with Crippen molar-refractivity contribution in [2.24, 2.45) is 0 Å². The molecule has 1 amide bonds. The first-order valence-corrected chi connectivity index (χ1v) is 6.64. The number of carbonyl (C=O) groups is 1. The molecule has 8 nitrogen and oxygen atoms in total. The van der Waals surface area contributed by atoms with Gasteiger partial charge in [-0.05, 0) is 19.9 Å². The third kappa shape index (κ3) is 3.05. The fourth-order valence-corrected chi connectivity index (χ4v) is 1.99. The van der Waals surface area contributed by atoms with Crippen LogP contribution in [-0.2, 0) is 6.54 Å². The number of carbonyl (C=O) groups excluding carboxylic acids is 1. The number of aromatic nitrogens is 2. The Hall–Kier alpha value is -2.90. The third-order valence-corrected chi connectivity index (χ3v) is 3.16. The smallest absolute Gasteiger partial charge is 0.273 e.